The third-order valence-corrected chi connectivity index (χ3v) is 11.9. The number of carbonyl (C=O) groups excluding carboxylic acids is 1. The van der Waals surface area contributed by atoms with Gasteiger partial charge in [-0.1, -0.05) is 31.9 Å². The molecule has 0 N–H and O–H groups in total. The number of nitrogens with zero attached hydrogens (tertiary/aromatic N) is 1. The third kappa shape index (κ3) is 6.94. The topological polar surface area (TPSA) is 59.3 Å². The fraction of sp³-hybridized carbons (Fsp3) is 0.417. The van der Waals surface area contributed by atoms with Crippen LogP contribution in [0.15, 0.2) is 48.5 Å². The highest BCUT2D eigenvalue weighted by Gasteiger charge is 2.38. The van der Waals surface area contributed by atoms with Gasteiger partial charge in [0.25, 0.3) is 0 Å². The Kier molecular flexibility index (Phi) is 8.19. The molecule has 1 unspecified atom stereocenters. The van der Waals surface area contributed by atoms with Crippen molar-refractivity contribution in [2.75, 3.05) is 0 Å². The normalized spacial score (nSPS) is 12.8. The van der Waals surface area contributed by atoms with Crippen molar-refractivity contribution in [2.45, 2.75) is 64.5 Å². The second kappa shape index (κ2) is 10.2. The summed E-state index contributed by atoms with van der Waals surface area (Å²) in [5.74, 6) is 0.0344. The molecule has 2 aromatic rings. The minimum absolute atomic E-state index is 0.396. The Bertz CT molecular complexity index is 879. The van der Waals surface area contributed by atoms with Crippen LogP contribution in [0, 0.1) is 11.3 Å². The Morgan fingerprint density at radius 1 is 1.00 bits per heavy atom. The van der Waals surface area contributed by atoms with E-state index in [9.17, 15) is 4.79 Å². The van der Waals surface area contributed by atoms with Gasteiger partial charge in [-0.05, 0) is 81.1 Å². The summed E-state index contributed by atoms with van der Waals surface area (Å²) in [6.07, 6.45) is 3.43. The Balaban J connectivity index is 2.18. The molecule has 0 aliphatic rings. The molecule has 30 heavy (non-hydrogen) atoms. The van der Waals surface area contributed by atoms with E-state index in [0.717, 1.165) is 12.8 Å². The summed E-state index contributed by atoms with van der Waals surface area (Å²) in [5, 5.41) is 8.87. The number of nitriles is 1. The van der Waals surface area contributed by atoms with Crippen molar-refractivity contribution in [1.29, 1.82) is 5.26 Å². The Hall–Kier alpha value is -2.21. The first kappa shape index (κ1) is 24.1. The van der Waals surface area contributed by atoms with E-state index in [2.05, 4.69) is 57.9 Å². The van der Waals surface area contributed by atoms with Gasteiger partial charge < -0.3 is 8.85 Å². The molecule has 0 amide bonds. The molecule has 2 rings (SSSR count). The van der Waals surface area contributed by atoms with Gasteiger partial charge in [-0.15, -0.1) is 0 Å². The summed E-state index contributed by atoms with van der Waals surface area (Å²) in [6, 6.07) is 16.4. The standard InChI is InChI=1S/C24H33NO3Si2/c1-7-8-9-23(30(5,6)28-29(2,3)4)20-12-14-21(15-13-20)24(26)27-22-16-10-19(18-25)11-17-22/h10-17,23H,7-9H2,1-6H3. The lowest BCUT2D eigenvalue weighted by atomic mass is 10.0. The van der Waals surface area contributed by atoms with Crippen molar-refractivity contribution in [3.05, 3.63) is 65.2 Å². The average Bonchev–Trinajstić information content (AvgIpc) is 2.67. The predicted octanol–water partition coefficient (Wildman–Crippen LogP) is 6.65. The smallest absolute Gasteiger partial charge is 0.343 e. The molecule has 0 saturated heterocycles. The van der Waals surface area contributed by atoms with Crippen LogP contribution in [0.3, 0.4) is 0 Å². The van der Waals surface area contributed by atoms with Gasteiger partial charge in [0.2, 0.25) is 0 Å². The van der Waals surface area contributed by atoms with E-state index in [1.807, 2.05) is 12.1 Å². The zero-order chi connectivity index (χ0) is 22.4. The molecule has 0 radical (unpaired) electrons. The Labute approximate surface area is 183 Å². The Morgan fingerprint density at radius 3 is 2.10 bits per heavy atom. The van der Waals surface area contributed by atoms with Crippen molar-refractivity contribution >= 4 is 22.6 Å². The fourth-order valence-electron chi connectivity index (χ4n) is 3.80. The van der Waals surface area contributed by atoms with E-state index in [1.165, 1.54) is 12.0 Å². The molecule has 1 atom stereocenters. The van der Waals surface area contributed by atoms with Crippen molar-refractivity contribution in [3.8, 4) is 11.8 Å². The first-order chi connectivity index (χ1) is 14.1. The van der Waals surface area contributed by atoms with E-state index >= 15 is 0 Å². The van der Waals surface area contributed by atoms with Gasteiger partial charge in [0, 0.05) is 5.54 Å². The molecule has 0 heterocycles. The SMILES string of the molecule is CCCCC(c1ccc(C(=O)Oc2ccc(C#N)cc2)cc1)[Si](C)(C)O[Si](C)(C)C. The van der Waals surface area contributed by atoms with Crippen LogP contribution in [0.2, 0.25) is 32.7 Å². The van der Waals surface area contributed by atoms with E-state index in [4.69, 9.17) is 14.1 Å². The van der Waals surface area contributed by atoms with Crippen LogP contribution in [0.1, 0.15) is 53.2 Å². The first-order valence-corrected chi connectivity index (χ1v) is 17.0. The van der Waals surface area contributed by atoms with E-state index < -0.39 is 22.6 Å². The predicted molar refractivity (Wildman–Crippen MR) is 127 cm³/mol. The molecule has 0 bridgehead atoms. The van der Waals surface area contributed by atoms with Crippen LogP contribution in [-0.2, 0) is 4.12 Å². The highest BCUT2D eigenvalue weighted by molar-refractivity contribution is 6.84. The van der Waals surface area contributed by atoms with Gasteiger partial charge in [0.05, 0.1) is 17.2 Å². The molecule has 0 aliphatic carbocycles. The van der Waals surface area contributed by atoms with Crippen molar-refractivity contribution in [1.82, 2.24) is 0 Å². The summed E-state index contributed by atoms with van der Waals surface area (Å²) in [7, 11) is -3.58. The minimum Gasteiger partial charge on any atom is -0.455 e. The lowest BCUT2D eigenvalue weighted by Crippen LogP contribution is -2.47. The number of benzene rings is 2. The number of hydrogen-bond donors (Lipinski definition) is 0. The van der Waals surface area contributed by atoms with Gasteiger partial charge in [-0.2, -0.15) is 5.26 Å². The number of rotatable bonds is 9. The maximum absolute atomic E-state index is 12.5. The minimum atomic E-state index is -1.94. The van der Waals surface area contributed by atoms with Crippen LogP contribution in [0.5, 0.6) is 5.75 Å². The van der Waals surface area contributed by atoms with Gasteiger partial charge >= 0.3 is 5.97 Å². The highest BCUT2D eigenvalue weighted by Crippen LogP contribution is 2.35. The number of esters is 1. The second-order valence-corrected chi connectivity index (χ2v) is 18.1. The van der Waals surface area contributed by atoms with E-state index in [-0.39, 0.29) is 0 Å². The zero-order valence-corrected chi connectivity index (χ0v) is 21.0. The second-order valence-electron chi connectivity index (χ2n) is 9.16. The summed E-state index contributed by atoms with van der Waals surface area (Å²) in [4.78, 5) is 12.5. The van der Waals surface area contributed by atoms with Crippen LogP contribution in [0.4, 0.5) is 0 Å². The number of carbonyl (C=O) groups is 1. The molecule has 0 aliphatic heterocycles. The van der Waals surface area contributed by atoms with Gasteiger partial charge in [0.15, 0.2) is 16.6 Å². The van der Waals surface area contributed by atoms with Gasteiger partial charge in [0.1, 0.15) is 5.75 Å². The van der Waals surface area contributed by atoms with E-state index in [1.54, 1.807) is 24.3 Å². The van der Waals surface area contributed by atoms with Gasteiger partial charge in [-0.3, -0.25) is 0 Å². The Morgan fingerprint density at radius 2 is 1.60 bits per heavy atom. The third-order valence-electron chi connectivity index (χ3n) is 5.00. The highest BCUT2D eigenvalue weighted by atomic mass is 28.4. The van der Waals surface area contributed by atoms with Crippen LogP contribution < -0.4 is 4.74 Å². The number of unbranched alkanes of at least 4 members (excludes halogenated alkanes) is 1. The fourth-order valence-corrected chi connectivity index (χ4v) is 12.6. The molecule has 6 heteroatoms. The number of hydrogen-bond acceptors (Lipinski definition) is 4. The summed E-state index contributed by atoms with van der Waals surface area (Å²) < 4.78 is 12.1. The lowest BCUT2D eigenvalue weighted by molar-refractivity contribution is 0.0734. The van der Waals surface area contributed by atoms with Crippen molar-refractivity contribution in [3.63, 3.8) is 0 Å². The molecule has 4 nitrogen and oxygen atoms in total. The maximum atomic E-state index is 12.5. The first-order valence-electron chi connectivity index (χ1n) is 10.6. The maximum Gasteiger partial charge on any atom is 0.343 e. The van der Waals surface area contributed by atoms with E-state index in [0.29, 0.717) is 22.4 Å². The lowest BCUT2D eigenvalue weighted by Gasteiger charge is -2.38. The molecule has 0 aromatic heterocycles. The van der Waals surface area contributed by atoms with Gasteiger partial charge in [-0.25, -0.2) is 4.79 Å². The molecule has 0 spiro atoms. The van der Waals surface area contributed by atoms with Crippen LogP contribution in [-0.4, -0.2) is 22.6 Å². The van der Waals surface area contributed by atoms with Crippen molar-refractivity contribution in [2.24, 2.45) is 0 Å². The van der Waals surface area contributed by atoms with Crippen LogP contribution >= 0.6 is 0 Å². The summed E-state index contributed by atoms with van der Waals surface area (Å²) in [6.45, 7) is 13.6. The molecular formula is C24H33NO3Si2. The summed E-state index contributed by atoms with van der Waals surface area (Å²) >= 11 is 0. The van der Waals surface area contributed by atoms with Crippen LogP contribution in [0.25, 0.3) is 0 Å². The monoisotopic (exact) mass is 439 g/mol. The zero-order valence-electron chi connectivity index (χ0n) is 19.0. The number of ether oxygens (including phenoxy) is 1. The molecule has 0 fully saturated rings. The molecular weight excluding hydrogens is 406 g/mol. The largest absolute Gasteiger partial charge is 0.455 e. The molecule has 2 aromatic carbocycles. The average molecular weight is 440 g/mol. The quantitative estimate of drug-likeness (QED) is 0.249. The molecule has 0 saturated carbocycles. The molecule has 160 valence electrons. The summed E-state index contributed by atoms with van der Waals surface area (Å²) in [5.41, 5.74) is 2.69. The van der Waals surface area contributed by atoms with Crippen molar-refractivity contribution < 1.29 is 13.6 Å².